The van der Waals surface area contributed by atoms with E-state index in [2.05, 4.69) is 27.1 Å². The number of anilines is 1. The highest BCUT2D eigenvalue weighted by Gasteiger charge is 2.19. The average molecular weight is 595 g/mol. The van der Waals surface area contributed by atoms with E-state index in [4.69, 9.17) is 16.6 Å². The third kappa shape index (κ3) is 5.92. The van der Waals surface area contributed by atoms with E-state index >= 15 is 0 Å². The smallest absolute Gasteiger partial charge is 0.236 e. The lowest BCUT2D eigenvalue weighted by Gasteiger charge is -2.12. The van der Waals surface area contributed by atoms with Crippen LogP contribution in [0.25, 0.3) is 44.8 Å². The number of carbonyl (C=O) groups is 1. The summed E-state index contributed by atoms with van der Waals surface area (Å²) in [5.74, 6) is 0.662. The topological polar surface area (TPSA) is 85.6 Å². The van der Waals surface area contributed by atoms with Crippen molar-refractivity contribution in [2.45, 2.75) is 11.7 Å². The third-order valence-corrected chi connectivity index (χ3v) is 8.25. The number of hydrogen-bond donors (Lipinski definition) is 1. The average Bonchev–Trinajstić information content (AvgIpc) is 3.63. The number of hydrogen-bond acceptors (Lipinski definition) is 7. The fourth-order valence-corrected chi connectivity index (χ4v) is 5.99. The van der Waals surface area contributed by atoms with Crippen molar-refractivity contribution >= 4 is 56.6 Å². The Morgan fingerprint density at radius 1 is 0.951 bits per heavy atom. The Morgan fingerprint density at radius 2 is 1.71 bits per heavy atom. The minimum absolute atomic E-state index is 0.155. The highest BCUT2D eigenvalue weighted by Crippen LogP contribution is 2.33. The summed E-state index contributed by atoms with van der Waals surface area (Å²) < 4.78 is 1.97. The van der Waals surface area contributed by atoms with E-state index < -0.39 is 0 Å². The third-order valence-electron chi connectivity index (χ3n) is 6.28. The first-order valence-electron chi connectivity index (χ1n) is 12.7. The predicted molar refractivity (Wildman–Crippen MR) is 168 cm³/mol. The Bertz CT molecular complexity index is 1850. The molecule has 0 atom stereocenters. The lowest BCUT2D eigenvalue weighted by Crippen LogP contribution is -2.14. The van der Waals surface area contributed by atoms with Crippen molar-refractivity contribution in [1.82, 2.24) is 24.7 Å². The highest BCUT2D eigenvalue weighted by atomic mass is 35.5. The molecule has 0 unspecified atom stereocenters. The number of para-hydroxylation sites is 1. The molecule has 0 bridgehead atoms. The van der Waals surface area contributed by atoms with Crippen molar-refractivity contribution in [2.24, 2.45) is 0 Å². The van der Waals surface area contributed by atoms with Crippen molar-refractivity contribution in [1.29, 1.82) is 0 Å². The van der Waals surface area contributed by atoms with E-state index in [-0.39, 0.29) is 11.7 Å². The lowest BCUT2D eigenvalue weighted by molar-refractivity contribution is -0.113. The van der Waals surface area contributed by atoms with Gasteiger partial charge in [-0.2, -0.15) is 0 Å². The summed E-state index contributed by atoms with van der Waals surface area (Å²) in [7, 11) is 0. The largest absolute Gasteiger partial charge is 0.301 e. The van der Waals surface area contributed by atoms with Crippen LogP contribution in [0.15, 0.2) is 108 Å². The minimum atomic E-state index is -0.168. The molecule has 0 aliphatic carbocycles. The molecule has 7 nitrogen and oxygen atoms in total. The zero-order valence-electron chi connectivity index (χ0n) is 21.7. The van der Waals surface area contributed by atoms with Gasteiger partial charge in [0.1, 0.15) is 0 Å². The lowest BCUT2D eigenvalue weighted by atomic mass is 10.0. The van der Waals surface area contributed by atoms with Crippen LogP contribution in [-0.2, 0) is 11.3 Å². The maximum atomic E-state index is 12.8. The number of halogens is 1. The molecule has 0 spiro atoms. The fourth-order valence-electron chi connectivity index (χ4n) is 4.38. The summed E-state index contributed by atoms with van der Waals surface area (Å²) in [6.07, 6.45) is 1.79. The molecule has 0 saturated carbocycles. The summed E-state index contributed by atoms with van der Waals surface area (Å²) in [4.78, 5) is 22.2. The molecule has 6 rings (SSSR count). The van der Waals surface area contributed by atoms with Crippen molar-refractivity contribution in [2.75, 3.05) is 11.1 Å². The van der Waals surface area contributed by atoms with Crippen LogP contribution in [0.5, 0.6) is 0 Å². The number of allylic oxidation sites excluding steroid dienone is 1. The number of amides is 1. The van der Waals surface area contributed by atoms with Gasteiger partial charge in [0.25, 0.3) is 0 Å². The zero-order chi connectivity index (χ0) is 28.2. The molecule has 10 heteroatoms. The Morgan fingerprint density at radius 3 is 2.51 bits per heavy atom. The molecule has 3 aromatic heterocycles. The maximum Gasteiger partial charge on any atom is 0.236 e. The monoisotopic (exact) mass is 594 g/mol. The number of benzene rings is 3. The van der Waals surface area contributed by atoms with Crippen LogP contribution >= 0.6 is 34.7 Å². The van der Waals surface area contributed by atoms with Crippen LogP contribution in [-0.4, -0.2) is 36.4 Å². The number of nitrogens with zero attached hydrogens (tertiary/aromatic N) is 5. The second-order valence-electron chi connectivity index (χ2n) is 9.03. The van der Waals surface area contributed by atoms with Gasteiger partial charge in [-0.15, -0.1) is 28.1 Å². The van der Waals surface area contributed by atoms with Crippen LogP contribution in [0, 0.1) is 0 Å². The summed E-state index contributed by atoms with van der Waals surface area (Å²) in [6, 6.07) is 27.4. The Balaban J connectivity index is 1.26. The molecule has 0 aliphatic rings. The van der Waals surface area contributed by atoms with E-state index in [1.54, 1.807) is 6.08 Å². The van der Waals surface area contributed by atoms with Crippen molar-refractivity contribution < 1.29 is 4.79 Å². The Kier molecular flexibility index (Phi) is 7.91. The van der Waals surface area contributed by atoms with E-state index in [0.717, 1.165) is 39.0 Å². The number of rotatable bonds is 9. The van der Waals surface area contributed by atoms with Crippen LogP contribution in [0.3, 0.4) is 0 Å². The van der Waals surface area contributed by atoms with Gasteiger partial charge in [0.2, 0.25) is 5.91 Å². The standard InChI is InChI=1S/C31H23ClN6OS2/c1-2-16-38-29(24-17-26(21-12-14-22(32)15-13-21)33-25-11-7-6-10-23(24)25)36-37-31(38)41-19-28(39)35-30-34-27(18-40-30)20-8-4-3-5-9-20/h2-15,17-18H,1,16,19H2,(H,34,35,39). The van der Waals surface area contributed by atoms with Crippen molar-refractivity contribution in [3.8, 4) is 33.9 Å². The summed E-state index contributed by atoms with van der Waals surface area (Å²) >= 11 is 8.83. The molecular weight excluding hydrogens is 572 g/mol. The molecule has 0 fully saturated rings. The van der Waals surface area contributed by atoms with Gasteiger partial charge in [0, 0.05) is 39.0 Å². The zero-order valence-corrected chi connectivity index (χ0v) is 24.1. The Hall–Kier alpha value is -4.31. The SMILES string of the molecule is C=CCn1c(SCC(=O)Nc2nc(-c3ccccc3)cs2)nnc1-c1cc(-c2ccc(Cl)cc2)nc2ccccc12. The highest BCUT2D eigenvalue weighted by molar-refractivity contribution is 7.99. The van der Waals surface area contributed by atoms with Gasteiger partial charge in [0.05, 0.1) is 22.7 Å². The quantitative estimate of drug-likeness (QED) is 0.135. The first-order valence-corrected chi connectivity index (χ1v) is 15.0. The molecule has 0 radical (unpaired) electrons. The van der Waals surface area contributed by atoms with Crippen molar-refractivity contribution in [3.63, 3.8) is 0 Å². The number of thiazole rings is 1. The van der Waals surface area contributed by atoms with Gasteiger partial charge in [-0.05, 0) is 24.3 Å². The molecule has 41 heavy (non-hydrogen) atoms. The molecule has 202 valence electrons. The van der Waals surface area contributed by atoms with E-state index in [1.165, 1.54) is 23.1 Å². The minimum Gasteiger partial charge on any atom is -0.301 e. The van der Waals surface area contributed by atoms with E-state index in [0.29, 0.717) is 27.7 Å². The number of thioether (sulfide) groups is 1. The van der Waals surface area contributed by atoms with E-state index in [9.17, 15) is 4.79 Å². The number of fused-ring (bicyclic) bond motifs is 1. The first-order chi connectivity index (χ1) is 20.1. The Labute approximate surface area is 250 Å². The number of pyridine rings is 1. The van der Waals surface area contributed by atoms with Gasteiger partial charge in [-0.1, -0.05) is 90.1 Å². The van der Waals surface area contributed by atoms with Crippen molar-refractivity contribution in [3.05, 3.63) is 108 Å². The van der Waals surface area contributed by atoms with Crippen LogP contribution in [0.2, 0.25) is 5.02 Å². The van der Waals surface area contributed by atoms with Gasteiger partial charge in [-0.3, -0.25) is 9.36 Å². The second kappa shape index (κ2) is 12.1. The maximum absolute atomic E-state index is 12.8. The first kappa shape index (κ1) is 26.9. The number of nitrogens with one attached hydrogen (secondary N) is 1. The molecule has 0 saturated heterocycles. The molecule has 1 amide bonds. The van der Waals surface area contributed by atoms with Crippen LogP contribution in [0.4, 0.5) is 5.13 Å². The summed E-state index contributed by atoms with van der Waals surface area (Å²) in [6.45, 7) is 4.41. The molecular formula is C31H23ClN6OS2. The summed E-state index contributed by atoms with van der Waals surface area (Å²) in [5.41, 5.74) is 5.32. The molecule has 0 aliphatic heterocycles. The molecule has 3 heterocycles. The van der Waals surface area contributed by atoms with Crippen LogP contribution < -0.4 is 5.32 Å². The van der Waals surface area contributed by atoms with E-state index in [1.807, 2.05) is 94.9 Å². The van der Waals surface area contributed by atoms with Gasteiger partial charge in [-0.25, -0.2) is 9.97 Å². The fraction of sp³-hybridized carbons (Fsp3) is 0.0645. The molecule has 3 aromatic carbocycles. The second-order valence-corrected chi connectivity index (χ2v) is 11.3. The summed E-state index contributed by atoms with van der Waals surface area (Å²) in [5, 5.41) is 16.6. The van der Waals surface area contributed by atoms with Crippen LogP contribution in [0.1, 0.15) is 0 Å². The normalized spacial score (nSPS) is 11.0. The molecule has 6 aromatic rings. The molecule has 1 N–H and O–H groups in total. The van der Waals surface area contributed by atoms with Gasteiger partial charge < -0.3 is 5.32 Å². The van der Waals surface area contributed by atoms with Gasteiger partial charge in [0.15, 0.2) is 16.1 Å². The predicted octanol–water partition coefficient (Wildman–Crippen LogP) is 7.85. The number of aromatic nitrogens is 5. The van der Waals surface area contributed by atoms with Gasteiger partial charge >= 0.3 is 0 Å². The number of carbonyl (C=O) groups excluding carboxylic acids is 1.